The summed E-state index contributed by atoms with van der Waals surface area (Å²) in [5.41, 5.74) is 4.79. The quantitative estimate of drug-likeness (QED) is 0.198. The monoisotopic (exact) mass is 601 g/mol. The second-order valence-electron chi connectivity index (χ2n) is 11.0. The van der Waals surface area contributed by atoms with E-state index in [-0.39, 0.29) is 31.6 Å². The number of amides is 4. The number of allylic oxidation sites excluding steroid dienone is 2. The van der Waals surface area contributed by atoms with Gasteiger partial charge in [-0.3, -0.25) is 33.7 Å². The summed E-state index contributed by atoms with van der Waals surface area (Å²) in [7, 11) is 0. The smallest absolute Gasteiger partial charge is 0.303 e. The van der Waals surface area contributed by atoms with Crippen molar-refractivity contribution in [3.63, 3.8) is 0 Å². The molecular weight excluding hydrogens is 562 g/mol. The maximum Gasteiger partial charge on any atom is 0.303 e. The lowest BCUT2D eigenvalue weighted by atomic mass is 9.98. The fraction of sp³-hybridized carbons (Fsp3) is 0.353. The molecule has 0 unspecified atom stereocenters. The van der Waals surface area contributed by atoms with Gasteiger partial charge in [0.25, 0.3) is 11.8 Å². The van der Waals surface area contributed by atoms with Gasteiger partial charge in [0.2, 0.25) is 11.8 Å². The van der Waals surface area contributed by atoms with Crippen LogP contribution >= 0.6 is 0 Å². The number of carboxylic acids is 1. The second kappa shape index (κ2) is 16.1. The van der Waals surface area contributed by atoms with Crippen molar-refractivity contribution in [2.45, 2.75) is 65.0 Å². The van der Waals surface area contributed by atoms with Crippen molar-refractivity contribution < 1.29 is 33.9 Å². The number of carbonyl (C=O) groups is 6. The van der Waals surface area contributed by atoms with Gasteiger partial charge >= 0.3 is 5.97 Å². The molecule has 0 saturated heterocycles. The van der Waals surface area contributed by atoms with Crippen molar-refractivity contribution in [2.75, 3.05) is 6.54 Å². The number of carbonyl (C=O) groups excluding carboxylic acids is 5. The molecule has 0 bridgehead atoms. The van der Waals surface area contributed by atoms with E-state index in [1.165, 1.54) is 23.6 Å². The second-order valence-corrected chi connectivity index (χ2v) is 11.0. The van der Waals surface area contributed by atoms with Crippen molar-refractivity contribution in [2.24, 2.45) is 5.92 Å². The zero-order valence-electron chi connectivity index (χ0n) is 25.2. The number of benzene rings is 2. The SMILES string of the molecule is Cc1ccc(Cc2ccc(C/C=C/[C@H](C)C(=O)[C@H](C)NC(=O)[C@H](CCC(=O)O)NC(=O)CCN3C(=O)C=CC3=O)cc2)cc1. The summed E-state index contributed by atoms with van der Waals surface area (Å²) in [5, 5.41) is 14.1. The van der Waals surface area contributed by atoms with Gasteiger partial charge in [-0.1, -0.05) is 73.2 Å². The molecule has 1 heterocycles. The molecule has 1 aliphatic heterocycles. The normalized spacial score (nSPS) is 14.8. The van der Waals surface area contributed by atoms with Crippen LogP contribution in [0.25, 0.3) is 0 Å². The maximum atomic E-state index is 13.0. The summed E-state index contributed by atoms with van der Waals surface area (Å²) in [4.78, 5) is 73.7. The van der Waals surface area contributed by atoms with Gasteiger partial charge in [-0.25, -0.2) is 0 Å². The van der Waals surface area contributed by atoms with Gasteiger partial charge in [0, 0.05) is 37.5 Å². The van der Waals surface area contributed by atoms with Crippen molar-refractivity contribution in [1.29, 1.82) is 0 Å². The Morgan fingerprint density at radius 2 is 1.41 bits per heavy atom. The van der Waals surface area contributed by atoms with Gasteiger partial charge in [-0.2, -0.15) is 0 Å². The molecular formula is C34H39N3O7. The Morgan fingerprint density at radius 1 is 0.841 bits per heavy atom. The minimum atomic E-state index is -1.21. The number of imide groups is 1. The van der Waals surface area contributed by atoms with Crippen LogP contribution in [0.15, 0.2) is 72.8 Å². The topological polar surface area (TPSA) is 150 Å². The number of ketones is 1. The van der Waals surface area contributed by atoms with E-state index < -0.39 is 47.6 Å². The number of aliphatic carboxylic acids is 1. The van der Waals surface area contributed by atoms with E-state index in [2.05, 4.69) is 66.1 Å². The molecule has 0 aromatic heterocycles. The molecule has 2 aromatic rings. The zero-order valence-corrected chi connectivity index (χ0v) is 25.2. The highest BCUT2D eigenvalue weighted by Crippen LogP contribution is 2.13. The highest BCUT2D eigenvalue weighted by molar-refractivity contribution is 6.13. The first-order chi connectivity index (χ1) is 20.9. The van der Waals surface area contributed by atoms with Crippen LogP contribution in [-0.2, 0) is 41.6 Å². The Kier molecular flexibility index (Phi) is 12.3. The lowest BCUT2D eigenvalue weighted by Crippen LogP contribution is -2.51. The van der Waals surface area contributed by atoms with Crippen LogP contribution in [0.1, 0.15) is 55.4 Å². The Bertz CT molecular complexity index is 1410. The lowest BCUT2D eigenvalue weighted by molar-refractivity contribution is -0.140. The average molecular weight is 602 g/mol. The standard InChI is InChI=1S/C34H39N3O7/c1-22-7-9-26(10-8-22)21-27-13-11-25(12-14-27)6-4-5-23(2)33(43)24(3)35-34(44)28(15-18-32(41)42)36-29(38)19-20-37-30(39)16-17-31(37)40/h4-5,7-14,16-17,23-24,28H,6,15,18-21H2,1-3H3,(H,35,44)(H,36,38)(H,41,42)/b5-4+/t23-,24-,28-/m0/s1. The van der Waals surface area contributed by atoms with Crippen LogP contribution in [-0.4, -0.2) is 64.0 Å². The van der Waals surface area contributed by atoms with E-state index in [0.29, 0.717) is 6.42 Å². The number of aryl methyl sites for hydroxylation is 1. The van der Waals surface area contributed by atoms with E-state index in [1.54, 1.807) is 13.0 Å². The summed E-state index contributed by atoms with van der Waals surface area (Å²) in [5.74, 6) is -4.30. The van der Waals surface area contributed by atoms with Crippen LogP contribution in [0.3, 0.4) is 0 Å². The van der Waals surface area contributed by atoms with Gasteiger partial charge in [-0.05, 0) is 49.8 Å². The van der Waals surface area contributed by atoms with Gasteiger partial charge in [0.15, 0.2) is 5.78 Å². The summed E-state index contributed by atoms with van der Waals surface area (Å²) in [6, 6.07) is 14.7. The van der Waals surface area contributed by atoms with Gasteiger partial charge < -0.3 is 15.7 Å². The first-order valence-corrected chi connectivity index (χ1v) is 14.6. The van der Waals surface area contributed by atoms with Crippen LogP contribution < -0.4 is 10.6 Å². The number of hydrogen-bond donors (Lipinski definition) is 3. The maximum absolute atomic E-state index is 13.0. The Balaban J connectivity index is 1.49. The molecule has 2 aromatic carbocycles. The molecule has 3 N–H and O–H groups in total. The molecule has 0 saturated carbocycles. The minimum absolute atomic E-state index is 0.180. The van der Waals surface area contributed by atoms with E-state index in [1.807, 2.05) is 6.08 Å². The van der Waals surface area contributed by atoms with Gasteiger partial charge in [-0.15, -0.1) is 0 Å². The van der Waals surface area contributed by atoms with Crippen molar-refractivity contribution >= 4 is 35.4 Å². The summed E-state index contributed by atoms with van der Waals surface area (Å²) in [6.45, 7) is 5.14. The fourth-order valence-electron chi connectivity index (χ4n) is 4.69. The number of rotatable bonds is 16. The largest absolute Gasteiger partial charge is 0.481 e. The number of carboxylic acid groups (broad SMARTS) is 1. The first-order valence-electron chi connectivity index (χ1n) is 14.6. The molecule has 232 valence electrons. The first kappa shape index (κ1) is 33.6. The van der Waals surface area contributed by atoms with Crippen LogP contribution in [0, 0.1) is 12.8 Å². The Hall–Kier alpha value is -4.86. The van der Waals surface area contributed by atoms with E-state index in [9.17, 15) is 28.8 Å². The molecule has 0 radical (unpaired) electrons. The van der Waals surface area contributed by atoms with Crippen molar-refractivity contribution in [3.05, 3.63) is 95.1 Å². The third-order valence-corrected chi connectivity index (χ3v) is 7.33. The molecule has 0 aliphatic carbocycles. The molecule has 44 heavy (non-hydrogen) atoms. The van der Waals surface area contributed by atoms with E-state index >= 15 is 0 Å². The third kappa shape index (κ3) is 10.4. The average Bonchev–Trinajstić information content (AvgIpc) is 3.31. The summed E-state index contributed by atoms with van der Waals surface area (Å²) >= 11 is 0. The molecule has 3 atom stereocenters. The Morgan fingerprint density at radius 3 is 2.00 bits per heavy atom. The predicted octanol–water partition coefficient (Wildman–Crippen LogP) is 3.06. The summed E-state index contributed by atoms with van der Waals surface area (Å²) in [6.07, 6.45) is 6.53. The van der Waals surface area contributed by atoms with Crippen LogP contribution in [0.2, 0.25) is 0 Å². The highest BCUT2D eigenvalue weighted by atomic mass is 16.4. The Labute approximate surface area is 257 Å². The van der Waals surface area contributed by atoms with Crippen molar-refractivity contribution in [1.82, 2.24) is 15.5 Å². The minimum Gasteiger partial charge on any atom is -0.481 e. The van der Waals surface area contributed by atoms with E-state index in [4.69, 9.17) is 5.11 Å². The lowest BCUT2D eigenvalue weighted by Gasteiger charge is -2.22. The molecule has 10 nitrogen and oxygen atoms in total. The van der Waals surface area contributed by atoms with Crippen LogP contribution in [0.5, 0.6) is 0 Å². The molecule has 0 fully saturated rings. The number of hydrogen-bond acceptors (Lipinski definition) is 6. The van der Waals surface area contributed by atoms with Gasteiger partial charge in [0.1, 0.15) is 6.04 Å². The number of nitrogens with one attached hydrogen (secondary N) is 2. The molecule has 10 heteroatoms. The fourth-order valence-corrected chi connectivity index (χ4v) is 4.69. The van der Waals surface area contributed by atoms with Gasteiger partial charge in [0.05, 0.1) is 6.04 Å². The molecule has 0 spiro atoms. The third-order valence-electron chi connectivity index (χ3n) is 7.33. The zero-order chi connectivity index (χ0) is 32.2. The molecule has 1 aliphatic rings. The highest BCUT2D eigenvalue weighted by Gasteiger charge is 2.28. The summed E-state index contributed by atoms with van der Waals surface area (Å²) < 4.78 is 0. The number of nitrogens with zero attached hydrogens (tertiary/aromatic N) is 1. The van der Waals surface area contributed by atoms with Crippen molar-refractivity contribution in [3.8, 4) is 0 Å². The molecule has 4 amide bonds. The van der Waals surface area contributed by atoms with Crippen LogP contribution in [0.4, 0.5) is 0 Å². The molecule has 3 rings (SSSR count). The van der Waals surface area contributed by atoms with E-state index in [0.717, 1.165) is 29.0 Å². The number of Topliss-reactive ketones (excluding diaryl/α,β-unsaturated/α-hetero) is 1. The predicted molar refractivity (Wildman–Crippen MR) is 164 cm³/mol.